The summed E-state index contributed by atoms with van der Waals surface area (Å²) in [7, 11) is 0. The summed E-state index contributed by atoms with van der Waals surface area (Å²) >= 11 is 0. The fraction of sp³-hybridized carbons (Fsp3) is 0.450. The fourth-order valence-electron chi connectivity index (χ4n) is 3.57. The number of carbonyl (C=O) groups is 2. The number of imidazole rings is 1. The van der Waals surface area contributed by atoms with E-state index in [1.807, 2.05) is 46.0 Å². The number of nitrogens with two attached hydrogens (primary N) is 1. The van der Waals surface area contributed by atoms with E-state index in [9.17, 15) is 9.59 Å². The quantitative estimate of drug-likeness (QED) is 0.734. The number of benzene rings is 1. The molecule has 27 heavy (non-hydrogen) atoms. The van der Waals surface area contributed by atoms with Crippen LogP contribution in [0.3, 0.4) is 0 Å². The Kier molecular flexibility index (Phi) is 6.59. The van der Waals surface area contributed by atoms with Gasteiger partial charge in [-0.3, -0.25) is 14.5 Å². The maximum absolute atomic E-state index is 12.8. The summed E-state index contributed by atoms with van der Waals surface area (Å²) in [5.74, 6) is -0.247. The Morgan fingerprint density at radius 2 is 1.96 bits per heavy atom. The molecule has 1 aromatic heterocycles. The molecule has 0 radical (unpaired) electrons. The van der Waals surface area contributed by atoms with Gasteiger partial charge in [-0.25, -0.2) is 4.98 Å². The van der Waals surface area contributed by atoms with Gasteiger partial charge in [0.25, 0.3) is 0 Å². The molecule has 7 heteroatoms. The average molecular weight is 369 g/mol. The van der Waals surface area contributed by atoms with Crippen LogP contribution in [0, 0.1) is 5.92 Å². The normalized spacial score (nSPS) is 16.7. The number of hydrogen-bond donors (Lipinski definition) is 2. The molecule has 2 heterocycles. The van der Waals surface area contributed by atoms with Crippen molar-refractivity contribution < 1.29 is 9.59 Å². The van der Waals surface area contributed by atoms with Gasteiger partial charge in [-0.2, -0.15) is 0 Å². The summed E-state index contributed by atoms with van der Waals surface area (Å²) in [6.07, 6.45) is 7.78. The van der Waals surface area contributed by atoms with Crippen LogP contribution in [0.4, 0.5) is 0 Å². The first-order valence-corrected chi connectivity index (χ1v) is 9.43. The molecule has 2 amide bonds. The Balaban J connectivity index is 1.58. The summed E-state index contributed by atoms with van der Waals surface area (Å²) in [4.78, 5) is 30.0. The molecule has 0 saturated carbocycles. The highest BCUT2D eigenvalue weighted by Crippen LogP contribution is 2.22. The van der Waals surface area contributed by atoms with Crippen LogP contribution < -0.4 is 11.1 Å². The number of nitrogens with zero attached hydrogens (tertiary/aromatic N) is 3. The molecule has 1 saturated heterocycles. The lowest BCUT2D eigenvalue weighted by Crippen LogP contribution is -2.44. The van der Waals surface area contributed by atoms with Gasteiger partial charge in [-0.1, -0.05) is 30.3 Å². The standard InChI is InChI=1S/C20H27N5O2/c21-19(26)14-24-10-6-17(7-11-24)20(27)23-18(16-4-2-1-3-5-16)8-12-25-13-9-22-15-25/h1-5,9,13,15,17-18H,6-8,10-12,14H2,(H2,21,26)(H,23,27). The minimum Gasteiger partial charge on any atom is -0.369 e. The van der Waals surface area contributed by atoms with Crippen LogP contribution in [-0.2, 0) is 16.1 Å². The maximum Gasteiger partial charge on any atom is 0.231 e. The number of primary amides is 1. The zero-order valence-electron chi connectivity index (χ0n) is 15.5. The first-order valence-electron chi connectivity index (χ1n) is 9.43. The van der Waals surface area contributed by atoms with Crippen LogP contribution in [0.25, 0.3) is 0 Å². The summed E-state index contributed by atoms with van der Waals surface area (Å²) in [5.41, 5.74) is 6.36. The van der Waals surface area contributed by atoms with Crippen molar-refractivity contribution in [3.05, 3.63) is 54.6 Å². The average Bonchev–Trinajstić information content (AvgIpc) is 3.19. The number of hydrogen-bond acceptors (Lipinski definition) is 4. The zero-order chi connectivity index (χ0) is 19.1. The van der Waals surface area contributed by atoms with Crippen molar-refractivity contribution in [1.29, 1.82) is 0 Å². The van der Waals surface area contributed by atoms with Crippen LogP contribution in [0.15, 0.2) is 49.1 Å². The van der Waals surface area contributed by atoms with Gasteiger partial charge in [0.1, 0.15) is 0 Å². The summed E-state index contributed by atoms with van der Waals surface area (Å²) in [6, 6.07) is 10.0. The van der Waals surface area contributed by atoms with Gasteiger partial charge in [-0.05, 0) is 37.9 Å². The topological polar surface area (TPSA) is 93.3 Å². The van der Waals surface area contributed by atoms with Crippen molar-refractivity contribution in [2.24, 2.45) is 11.7 Å². The first kappa shape index (κ1) is 19.1. The van der Waals surface area contributed by atoms with Crippen molar-refractivity contribution in [2.45, 2.75) is 31.8 Å². The molecule has 1 fully saturated rings. The van der Waals surface area contributed by atoms with Crippen molar-refractivity contribution in [2.75, 3.05) is 19.6 Å². The number of piperidine rings is 1. The largest absolute Gasteiger partial charge is 0.369 e. The fourth-order valence-corrected chi connectivity index (χ4v) is 3.57. The summed E-state index contributed by atoms with van der Waals surface area (Å²) in [6.45, 7) is 2.51. The molecule has 1 aromatic carbocycles. The molecule has 1 aliphatic rings. The van der Waals surface area contributed by atoms with E-state index in [4.69, 9.17) is 5.73 Å². The molecule has 3 rings (SSSR count). The Bertz CT molecular complexity index is 724. The SMILES string of the molecule is NC(=O)CN1CCC(C(=O)NC(CCn2ccnc2)c2ccccc2)CC1. The van der Waals surface area contributed by atoms with Crippen LogP contribution in [0.2, 0.25) is 0 Å². The molecule has 144 valence electrons. The third-order valence-corrected chi connectivity index (χ3v) is 5.09. The lowest BCUT2D eigenvalue weighted by molar-refractivity contribution is -0.127. The van der Waals surface area contributed by atoms with Gasteiger partial charge in [0, 0.05) is 24.9 Å². The van der Waals surface area contributed by atoms with Gasteiger partial charge in [0.2, 0.25) is 11.8 Å². The predicted molar refractivity (Wildman–Crippen MR) is 103 cm³/mol. The van der Waals surface area contributed by atoms with Crippen LogP contribution in [0.5, 0.6) is 0 Å². The lowest BCUT2D eigenvalue weighted by Gasteiger charge is -2.31. The highest BCUT2D eigenvalue weighted by molar-refractivity contribution is 5.79. The number of likely N-dealkylation sites (tertiary alicyclic amines) is 1. The van der Waals surface area contributed by atoms with Crippen molar-refractivity contribution in [1.82, 2.24) is 19.8 Å². The Labute approximate surface area is 159 Å². The maximum atomic E-state index is 12.8. The van der Waals surface area contributed by atoms with E-state index in [-0.39, 0.29) is 30.3 Å². The minimum atomic E-state index is -0.318. The first-order chi connectivity index (χ1) is 13.1. The summed E-state index contributed by atoms with van der Waals surface area (Å²) < 4.78 is 2.02. The summed E-state index contributed by atoms with van der Waals surface area (Å²) in [5, 5.41) is 3.24. The van der Waals surface area contributed by atoms with Crippen LogP contribution in [-0.4, -0.2) is 45.9 Å². The molecule has 0 spiro atoms. The molecule has 3 N–H and O–H groups in total. The predicted octanol–water partition coefficient (Wildman–Crippen LogP) is 1.33. The number of amides is 2. The van der Waals surface area contributed by atoms with Gasteiger partial charge in [0.05, 0.1) is 18.9 Å². The number of rotatable bonds is 8. The zero-order valence-corrected chi connectivity index (χ0v) is 15.5. The molecular formula is C20H27N5O2. The second-order valence-corrected chi connectivity index (χ2v) is 7.08. The van der Waals surface area contributed by atoms with Crippen molar-refractivity contribution in [3.63, 3.8) is 0 Å². The van der Waals surface area contributed by atoms with Crippen LogP contribution in [0.1, 0.15) is 30.9 Å². The van der Waals surface area contributed by atoms with E-state index in [2.05, 4.69) is 10.3 Å². The third-order valence-electron chi connectivity index (χ3n) is 5.09. The highest BCUT2D eigenvalue weighted by Gasteiger charge is 2.27. The molecule has 0 bridgehead atoms. The monoisotopic (exact) mass is 369 g/mol. The Hall–Kier alpha value is -2.67. The van der Waals surface area contributed by atoms with E-state index in [1.165, 1.54) is 0 Å². The van der Waals surface area contributed by atoms with E-state index in [1.54, 1.807) is 12.5 Å². The van der Waals surface area contributed by atoms with Crippen molar-refractivity contribution in [3.8, 4) is 0 Å². The van der Waals surface area contributed by atoms with Gasteiger partial charge in [0.15, 0.2) is 0 Å². The number of nitrogens with one attached hydrogen (secondary N) is 1. The van der Waals surface area contributed by atoms with E-state index >= 15 is 0 Å². The van der Waals surface area contributed by atoms with Gasteiger partial charge < -0.3 is 15.6 Å². The highest BCUT2D eigenvalue weighted by atomic mass is 16.2. The van der Waals surface area contributed by atoms with Crippen molar-refractivity contribution >= 4 is 11.8 Å². The molecular weight excluding hydrogens is 342 g/mol. The molecule has 1 unspecified atom stereocenters. The number of aryl methyl sites for hydroxylation is 1. The van der Waals surface area contributed by atoms with E-state index < -0.39 is 0 Å². The molecule has 1 aliphatic heterocycles. The van der Waals surface area contributed by atoms with E-state index in [0.29, 0.717) is 0 Å². The second kappa shape index (κ2) is 9.32. The minimum absolute atomic E-state index is 0.0198. The van der Waals surface area contributed by atoms with Gasteiger partial charge in [-0.15, -0.1) is 0 Å². The number of aromatic nitrogens is 2. The molecule has 0 aliphatic carbocycles. The molecule has 2 aromatic rings. The second-order valence-electron chi connectivity index (χ2n) is 7.08. The smallest absolute Gasteiger partial charge is 0.231 e. The lowest BCUT2D eigenvalue weighted by atomic mass is 9.94. The van der Waals surface area contributed by atoms with Gasteiger partial charge >= 0.3 is 0 Å². The third kappa shape index (κ3) is 5.65. The Morgan fingerprint density at radius 1 is 1.22 bits per heavy atom. The number of carbonyl (C=O) groups excluding carboxylic acids is 2. The molecule has 1 atom stereocenters. The van der Waals surface area contributed by atoms with Crippen LogP contribution >= 0.6 is 0 Å². The molecule has 7 nitrogen and oxygen atoms in total. The van der Waals surface area contributed by atoms with E-state index in [0.717, 1.165) is 44.5 Å². The Morgan fingerprint density at radius 3 is 2.59 bits per heavy atom.